The van der Waals surface area contributed by atoms with Crippen molar-refractivity contribution in [3.8, 4) is 23.2 Å². The molecule has 2 aromatic heterocycles. The van der Waals surface area contributed by atoms with E-state index in [1.165, 1.54) is 4.90 Å². The van der Waals surface area contributed by atoms with Crippen LogP contribution in [0.2, 0.25) is 0 Å². The van der Waals surface area contributed by atoms with Gasteiger partial charge in [0.1, 0.15) is 17.9 Å². The van der Waals surface area contributed by atoms with E-state index in [9.17, 15) is 14.4 Å². The first-order chi connectivity index (χ1) is 20.4. The lowest BCUT2D eigenvalue weighted by Gasteiger charge is -2.41. The molecule has 6 rings (SSSR count). The van der Waals surface area contributed by atoms with Crippen molar-refractivity contribution < 1.29 is 18.3 Å². The molecule has 0 N–H and O–H groups in total. The zero-order valence-electron chi connectivity index (χ0n) is 23.2. The lowest BCUT2D eigenvalue weighted by molar-refractivity contribution is -0.131. The molecule has 0 unspecified atom stereocenters. The number of likely N-dealkylation sites (N-methyl/N-ethyl adjacent to an activating group) is 1. The maximum absolute atomic E-state index is 16.5. The van der Waals surface area contributed by atoms with E-state index < -0.39 is 23.6 Å². The number of thiophene rings is 1. The minimum absolute atomic E-state index is 0.000757. The summed E-state index contributed by atoms with van der Waals surface area (Å²) in [5.74, 6) is -1.92. The van der Waals surface area contributed by atoms with E-state index in [1.54, 1.807) is 17.4 Å². The van der Waals surface area contributed by atoms with Crippen LogP contribution >= 0.6 is 11.3 Å². The van der Waals surface area contributed by atoms with Crippen molar-refractivity contribution in [2.45, 2.75) is 31.3 Å². The Bertz CT molecular complexity index is 1720. The van der Waals surface area contributed by atoms with Crippen LogP contribution in [-0.2, 0) is 4.79 Å². The van der Waals surface area contributed by atoms with Gasteiger partial charge < -0.3 is 19.4 Å². The van der Waals surface area contributed by atoms with Crippen LogP contribution in [0.4, 0.5) is 14.6 Å². The lowest BCUT2D eigenvalue weighted by atomic mass is 10.0. The molecule has 2 saturated heterocycles. The third-order valence-corrected chi connectivity index (χ3v) is 9.18. The lowest BCUT2D eigenvalue weighted by Crippen LogP contribution is -2.55. The summed E-state index contributed by atoms with van der Waals surface area (Å²) in [5, 5.41) is 13.0. The number of halogens is 2. The van der Waals surface area contributed by atoms with Crippen molar-refractivity contribution in [2.75, 3.05) is 44.7 Å². The number of piperazine rings is 1. The Balaban J connectivity index is 1.43. The van der Waals surface area contributed by atoms with Crippen LogP contribution in [0.25, 0.3) is 32.1 Å². The van der Waals surface area contributed by atoms with E-state index in [-0.39, 0.29) is 37.1 Å². The standard InChI is InChI=1S/C31H30F2N6O2S/c1-19(32)30(40)39-15-14-38(17-21(39)10-12-34)29-25-9-8-23(24-7-3-5-20-11-16-42-28(20)24)26(33)27(25)35-31(36-29)41-18-22-6-4-13-37(22)2/h3,5,7-9,11,16,21-22H,1,4,6,10,13-15,17-18H2,2H3/t21-,22-/m0/s1. The van der Waals surface area contributed by atoms with E-state index in [1.807, 2.05) is 47.7 Å². The van der Waals surface area contributed by atoms with Gasteiger partial charge in [-0.3, -0.25) is 4.79 Å². The van der Waals surface area contributed by atoms with Gasteiger partial charge in [-0.2, -0.15) is 15.2 Å². The number of ether oxygens (including phenoxy) is 1. The van der Waals surface area contributed by atoms with Crippen LogP contribution in [0.5, 0.6) is 6.01 Å². The van der Waals surface area contributed by atoms with Gasteiger partial charge in [-0.05, 0) is 49.3 Å². The van der Waals surface area contributed by atoms with E-state index in [0.717, 1.165) is 35.0 Å². The molecule has 1 amide bonds. The SMILES string of the molecule is C=C(F)C(=O)N1CCN(c2nc(OC[C@@H]3CCCN3C)nc3c(F)c(-c4cccc5ccsc45)ccc23)C[C@@H]1CC#N. The fraction of sp³-hybridized carbons (Fsp3) is 0.355. The number of carbonyl (C=O) groups excluding carboxylic acids is 1. The topological polar surface area (TPSA) is 85.6 Å². The Morgan fingerprint density at radius 1 is 1.17 bits per heavy atom. The second-order valence-corrected chi connectivity index (χ2v) is 11.7. The fourth-order valence-corrected chi connectivity index (χ4v) is 6.88. The van der Waals surface area contributed by atoms with Crippen molar-refractivity contribution in [3.05, 3.63) is 60.0 Å². The number of anilines is 1. The van der Waals surface area contributed by atoms with Gasteiger partial charge >= 0.3 is 6.01 Å². The fourth-order valence-electron chi connectivity index (χ4n) is 5.96. The molecule has 4 aromatic rings. The van der Waals surface area contributed by atoms with Gasteiger partial charge in [-0.15, -0.1) is 11.3 Å². The average molecular weight is 589 g/mol. The summed E-state index contributed by atoms with van der Waals surface area (Å²) < 4.78 is 37.3. The second kappa shape index (κ2) is 11.6. The summed E-state index contributed by atoms with van der Waals surface area (Å²) in [6.07, 6.45) is 2.07. The van der Waals surface area contributed by atoms with Gasteiger partial charge in [0.25, 0.3) is 5.91 Å². The van der Waals surface area contributed by atoms with Crippen LogP contribution in [-0.4, -0.2) is 77.6 Å². The number of aromatic nitrogens is 2. The van der Waals surface area contributed by atoms with Gasteiger partial charge in [-0.1, -0.05) is 30.8 Å². The summed E-state index contributed by atoms with van der Waals surface area (Å²) in [4.78, 5) is 27.2. The Hall–Kier alpha value is -4.14. The number of nitriles is 1. The average Bonchev–Trinajstić information content (AvgIpc) is 3.64. The predicted molar refractivity (Wildman–Crippen MR) is 160 cm³/mol. The molecule has 2 atom stereocenters. The summed E-state index contributed by atoms with van der Waals surface area (Å²) >= 11 is 1.56. The predicted octanol–water partition coefficient (Wildman–Crippen LogP) is 5.54. The monoisotopic (exact) mass is 588 g/mol. The largest absolute Gasteiger partial charge is 0.462 e. The van der Waals surface area contributed by atoms with E-state index in [4.69, 9.17) is 9.72 Å². The summed E-state index contributed by atoms with van der Waals surface area (Å²) in [5.41, 5.74) is 1.35. The van der Waals surface area contributed by atoms with Crippen molar-refractivity contribution in [2.24, 2.45) is 0 Å². The number of fused-ring (bicyclic) bond motifs is 2. The first kappa shape index (κ1) is 28.0. The Kier molecular flexibility index (Phi) is 7.75. The number of amides is 1. The number of rotatable bonds is 7. The van der Waals surface area contributed by atoms with Crippen molar-refractivity contribution in [3.63, 3.8) is 0 Å². The Morgan fingerprint density at radius 3 is 2.79 bits per heavy atom. The minimum Gasteiger partial charge on any atom is -0.462 e. The molecular formula is C31H30F2N6O2S. The Morgan fingerprint density at radius 2 is 2.02 bits per heavy atom. The molecule has 0 bridgehead atoms. The van der Waals surface area contributed by atoms with Crippen molar-refractivity contribution in [1.82, 2.24) is 19.8 Å². The maximum atomic E-state index is 16.5. The van der Waals surface area contributed by atoms with Crippen LogP contribution in [0.3, 0.4) is 0 Å². The number of likely N-dealkylation sites (tertiary alicyclic amines) is 1. The van der Waals surface area contributed by atoms with E-state index in [0.29, 0.717) is 29.9 Å². The van der Waals surface area contributed by atoms with Crippen LogP contribution in [0, 0.1) is 17.1 Å². The third kappa shape index (κ3) is 5.16. The normalized spacial score (nSPS) is 19.4. The molecule has 4 heterocycles. The summed E-state index contributed by atoms with van der Waals surface area (Å²) in [7, 11) is 2.05. The number of hydrogen-bond acceptors (Lipinski definition) is 8. The smallest absolute Gasteiger partial charge is 0.319 e. The quantitative estimate of drug-likeness (QED) is 0.262. The molecule has 11 heteroatoms. The molecular weight excluding hydrogens is 558 g/mol. The highest BCUT2D eigenvalue weighted by atomic mass is 32.1. The number of carbonyl (C=O) groups is 1. The molecule has 2 aromatic carbocycles. The van der Waals surface area contributed by atoms with Crippen molar-refractivity contribution in [1.29, 1.82) is 5.26 Å². The molecule has 216 valence electrons. The molecule has 2 aliphatic rings. The van der Waals surface area contributed by atoms with E-state index >= 15 is 4.39 Å². The molecule has 2 aliphatic heterocycles. The zero-order valence-corrected chi connectivity index (χ0v) is 24.0. The summed E-state index contributed by atoms with van der Waals surface area (Å²) in [6.45, 7) is 5.16. The van der Waals surface area contributed by atoms with E-state index in [2.05, 4.69) is 22.5 Å². The molecule has 0 saturated carbocycles. The summed E-state index contributed by atoms with van der Waals surface area (Å²) in [6, 6.07) is 13.2. The van der Waals surface area contributed by atoms with Gasteiger partial charge in [0.15, 0.2) is 11.6 Å². The zero-order chi connectivity index (χ0) is 29.4. The molecule has 0 aliphatic carbocycles. The molecule has 0 radical (unpaired) electrons. The van der Waals surface area contributed by atoms with Crippen LogP contribution < -0.4 is 9.64 Å². The first-order valence-corrected chi connectivity index (χ1v) is 14.8. The van der Waals surface area contributed by atoms with Crippen molar-refractivity contribution >= 4 is 44.1 Å². The first-order valence-electron chi connectivity index (χ1n) is 13.9. The Labute approximate surface area is 246 Å². The van der Waals surface area contributed by atoms with Gasteiger partial charge in [-0.25, -0.2) is 8.78 Å². The third-order valence-electron chi connectivity index (χ3n) is 8.21. The molecule has 42 heavy (non-hydrogen) atoms. The number of nitrogens with zero attached hydrogens (tertiary/aromatic N) is 6. The minimum atomic E-state index is -1.07. The van der Waals surface area contributed by atoms with Gasteiger partial charge in [0, 0.05) is 46.9 Å². The van der Waals surface area contributed by atoms with Crippen LogP contribution in [0.1, 0.15) is 19.3 Å². The highest BCUT2D eigenvalue weighted by Crippen LogP contribution is 2.38. The molecule has 8 nitrogen and oxygen atoms in total. The highest BCUT2D eigenvalue weighted by Gasteiger charge is 2.33. The second-order valence-electron chi connectivity index (χ2n) is 10.8. The maximum Gasteiger partial charge on any atom is 0.319 e. The molecule has 0 spiro atoms. The number of hydrogen-bond donors (Lipinski definition) is 0. The molecule has 2 fully saturated rings. The van der Waals surface area contributed by atoms with Gasteiger partial charge in [0.2, 0.25) is 0 Å². The van der Waals surface area contributed by atoms with Crippen LogP contribution in [0.15, 0.2) is 54.2 Å². The number of benzene rings is 2. The highest BCUT2D eigenvalue weighted by molar-refractivity contribution is 7.17. The van der Waals surface area contributed by atoms with Gasteiger partial charge in [0.05, 0.1) is 18.5 Å².